The van der Waals surface area contributed by atoms with Crippen LogP contribution in [0.15, 0.2) is 48.5 Å². The third-order valence-electron chi connectivity index (χ3n) is 3.50. The Morgan fingerprint density at radius 3 is 2.29 bits per heavy atom. The number of methoxy groups -OCH3 is 1. The van der Waals surface area contributed by atoms with Crippen LogP contribution in [0.4, 0.5) is 5.69 Å². The number of benzene rings is 2. The summed E-state index contributed by atoms with van der Waals surface area (Å²) in [6.45, 7) is 3.75. The van der Waals surface area contributed by atoms with E-state index in [1.165, 1.54) is 0 Å². The van der Waals surface area contributed by atoms with E-state index < -0.39 is 5.41 Å². The van der Waals surface area contributed by atoms with Gasteiger partial charge in [0.05, 0.1) is 23.2 Å². The lowest BCUT2D eigenvalue weighted by molar-refractivity contribution is -0.120. The molecule has 0 bridgehead atoms. The van der Waals surface area contributed by atoms with Gasteiger partial charge in [0.2, 0.25) is 5.91 Å². The topological polar surface area (TPSA) is 38.3 Å². The standard InChI is InChI=1S/C17H18ClNO2/c1-17(2,12-8-10-13(21-3)11-9-12)16(20)19-15-7-5-4-6-14(15)18/h4-11H,1-3H3,(H,19,20). The first-order valence-electron chi connectivity index (χ1n) is 6.65. The molecule has 3 nitrogen and oxygen atoms in total. The van der Waals surface area contributed by atoms with E-state index >= 15 is 0 Å². The molecule has 0 aliphatic rings. The second kappa shape index (κ2) is 6.19. The Hall–Kier alpha value is -2.00. The average molecular weight is 304 g/mol. The molecule has 0 heterocycles. The molecule has 2 aromatic rings. The summed E-state index contributed by atoms with van der Waals surface area (Å²) in [6.07, 6.45) is 0. The van der Waals surface area contributed by atoms with Gasteiger partial charge < -0.3 is 10.1 Å². The van der Waals surface area contributed by atoms with E-state index in [9.17, 15) is 4.79 Å². The Kier molecular flexibility index (Phi) is 4.53. The number of para-hydroxylation sites is 1. The minimum atomic E-state index is -0.675. The number of hydrogen-bond donors (Lipinski definition) is 1. The van der Waals surface area contributed by atoms with Gasteiger partial charge in [0.25, 0.3) is 0 Å². The maximum atomic E-state index is 12.5. The lowest BCUT2D eigenvalue weighted by Gasteiger charge is -2.24. The smallest absolute Gasteiger partial charge is 0.234 e. The van der Waals surface area contributed by atoms with Crippen molar-refractivity contribution in [2.45, 2.75) is 19.3 Å². The summed E-state index contributed by atoms with van der Waals surface area (Å²) in [5.74, 6) is 0.654. The Labute approximate surface area is 129 Å². The number of ether oxygens (including phenoxy) is 1. The van der Waals surface area contributed by atoms with Gasteiger partial charge in [-0.3, -0.25) is 4.79 Å². The van der Waals surface area contributed by atoms with Crippen molar-refractivity contribution in [2.75, 3.05) is 12.4 Å². The van der Waals surface area contributed by atoms with Crippen LogP contribution in [0.5, 0.6) is 5.75 Å². The highest BCUT2D eigenvalue weighted by atomic mass is 35.5. The first kappa shape index (κ1) is 15.4. The Balaban J connectivity index is 2.21. The van der Waals surface area contributed by atoms with Crippen molar-refractivity contribution in [2.24, 2.45) is 0 Å². The van der Waals surface area contributed by atoms with Crippen molar-refractivity contribution in [1.29, 1.82) is 0 Å². The van der Waals surface area contributed by atoms with Crippen LogP contribution in [0.3, 0.4) is 0 Å². The van der Waals surface area contributed by atoms with Crippen molar-refractivity contribution in [1.82, 2.24) is 0 Å². The van der Waals surface area contributed by atoms with Gasteiger partial charge in [-0.15, -0.1) is 0 Å². The predicted octanol–water partition coefficient (Wildman–Crippen LogP) is 4.26. The highest BCUT2D eigenvalue weighted by molar-refractivity contribution is 6.33. The molecular formula is C17H18ClNO2. The summed E-state index contributed by atoms with van der Waals surface area (Å²) in [5.41, 5.74) is 0.851. The van der Waals surface area contributed by atoms with Gasteiger partial charge in [-0.2, -0.15) is 0 Å². The molecular weight excluding hydrogens is 286 g/mol. The summed E-state index contributed by atoms with van der Waals surface area (Å²) in [4.78, 5) is 12.5. The highest BCUT2D eigenvalue weighted by Gasteiger charge is 2.30. The fourth-order valence-corrected chi connectivity index (χ4v) is 2.16. The minimum Gasteiger partial charge on any atom is -0.497 e. The molecule has 0 fully saturated rings. The Bertz CT molecular complexity index is 635. The average Bonchev–Trinajstić information content (AvgIpc) is 2.49. The van der Waals surface area contributed by atoms with Gasteiger partial charge in [0.1, 0.15) is 5.75 Å². The van der Waals surface area contributed by atoms with Crippen molar-refractivity contribution < 1.29 is 9.53 Å². The van der Waals surface area contributed by atoms with E-state index in [1.807, 2.05) is 50.2 Å². The number of rotatable bonds is 4. The molecule has 2 aromatic carbocycles. The van der Waals surface area contributed by atoms with E-state index in [4.69, 9.17) is 16.3 Å². The van der Waals surface area contributed by atoms with Gasteiger partial charge in [0.15, 0.2) is 0 Å². The number of anilines is 1. The lowest BCUT2D eigenvalue weighted by Crippen LogP contribution is -2.34. The molecule has 0 saturated heterocycles. The van der Waals surface area contributed by atoms with Crippen LogP contribution in [-0.2, 0) is 10.2 Å². The van der Waals surface area contributed by atoms with Crippen LogP contribution >= 0.6 is 11.6 Å². The molecule has 1 N–H and O–H groups in total. The highest BCUT2D eigenvalue weighted by Crippen LogP contribution is 2.28. The van der Waals surface area contributed by atoms with E-state index in [0.29, 0.717) is 10.7 Å². The maximum Gasteiger partial charge on any atom is 0.234 e. The zero-order valence-corrected chi connectivity index (χ0v) is 13.1. The molecule has 0 atom stereocenters. The summed E-state index contributed by atoms with van der Waals surface area (Å²) in [5, 5.41) is 3.40. The molecule has 0 aliphatic heterocycles. The monoisotopic (exact) mass is 303 g/mol. The molecule has 110 valence electrons. The lowest BCUT2D eigenvalue weighted by atomic mass is 9.83. The Morgan fingerprint density at radius 2 is 1.71 bits per heavy atom. The van der Waals surface area contributed by atoms with Crippen LogP contribution in [-0.4, -0.2) is 13.0 Å². The van der Waals surface area contributed by atoms with Crippen LogP contribution in [0.1, 0.15) is 19.4 Å². The van der Waals surface area contributed by atoms with E-state index in [2.05, 4.69) is 5.32 Å². The van der Waals surface area contributed by atoms with Gasteiger partial charge in [-0.05, 0) is 43.7 Å². The van der Waals surface area contributed by atoms with Gasteiger partial charge in [-0.1, -0.05) is 35.9 Å². The molecule has 0 unspecified atom stereocenters. The third kappa shape index (κ3) is 3.37. The molecule has 0 saturated carbocycles. The number of amides is 1. The van der Waals surface area contributed by atoms with Gasteiger partial charge in [-0.25, -0.2) is 0 Å². The SMILES string of the molecule is COc1ccc(C(C)(C)C(=O)Nc2ccccc2Cl)cc1. The van der Waals surface area contributed by atoms with Crippen LogP contribution < -0.4 is 10.1 Å². The van der Waals surface area contributed by atoms with E-state index in [1.54, 1.807) is 19.2 Å². The van der Waals surface area contributed by atoms with Gasteiger partial charge >= 0.3 is 0 Å². The van der Waals surface area contributed by atoms with E-state index in [0.717, 1.165) is 11.3 Å². The number of nitrogens with one attached hydrogen (secondary N) is 1. The van der Waals surface area contributed by atoms with Crippen LogP contribution in [0.25, 0.3) is 0 Å². The van der Waals surface area contributed by atoms with Crippen molar-refractivity contribution in [3.05, 3.63) is 59.1 Å². The molecule has 21 heavy (non-hydrogen) atoms. The summed E-state index contributed by atoms with van der Waals surface area (Å²) >= 11 is 6.07. The molecule has 0 aliphatic carbocycles. The van der Waals surface area contributed by atoms with Crippen LogP contribution in [0.2, 0.25) is 5.02 Å². The number of carbonyl (C=O) groups excluding carboxylic acids is 1. The second-order valence-electron chi connectivity index (χ2n) is 5.29. The van der Waals surface area contributed by atoms with Gasteiger partial charge in [0, 0.05) is 0 Å². The van der Waals surface area contributed by atoms with E-state index in [-0.39, 0.29) is 5.91 Å². The quantitative estimate of drug-likeness (QED) is 0.916. The molecule has 0 radical (unpaired) electrons. The number of hydrogen-bond acceptors (Lipinski definition) is 2. The van der Waals surface area contributed by atoms with Crippen molar-refractivity contribution in [3.8, 4) is 5.75 Å². The number of halogens is 1. The first-order valence-corrected chi connectivity index (χ1v) is 7.03. The first-order chi connectivity index (χ1) is 9.95. The predicted molar refractivity (Wildman–Crippen MR) is 86.1 cm³/mol. The van der Waals surface area contributed by atoms with Crippen molar-refractivity contribution in [3.63, 3.8) is 0 Å². The zero-order valence-electron chi connectivity index (χ0n) is 12.3. The third-order valence-corrected chi connectivity index (χ3v) is 3.83. The molecule has 0 spiro atoms. The summed E-state index contributed by atoms with van der Waals surface area (Å²) in [7, 11) is 1.62. The molecule has 0 aromatic heterocycles. The largest absolute Gasteiger partial charge is 0.497 e. The molecule has 4 heteroatoms. The normalized spacial score (nSPS) is 11.0. The maximum absolute atomic E-state index is 12.5. The second-order valence-corrected chi connectivity index (χ2v) is 5.69. The molecule has 2 rings (SSSR count). The fourth-order valence-electron chi connectivity index (χ4n) is 1.98. The molecule has 1 amide bonds. The zero-order chi connectivity index (χ0) is 15.5. The van der Waals surface area contributed by atoms with Crippen LogP contribution in [0, 0.1) is 0 Å². The summed E-state index contributed by atoms with van der Waals surface area (Å²) < 4.78 is 5.14. The Morgan fingerprint density at radius 1 is 1.10 bits per heavy atom. The summed E-state index contributed by atoms with van der Waals surface area (Å²) in [6, 6.07) is 14.7. The minimum absolute atomic E-state index is 0.110. The fraction of sp³-hybridized carbons (Fsp3) is 0.235. The van der Waals surface area contributed by atoms with Crippen molar-refractivity contribution >= 4 is 23.2 Å². The number of carbonyl (C=O) groups is 1.